The maximum atomic E-state index is 12.1. The zero-order chi connectivity index (χ0) is 16.4. The van der Waals surface area contributed by atoms with Crippen molar-refractivity contribution < 1.29 is 4.79 Å². The van der Waals surface area contributed by atoms with Gasteiger partial charge < -0.3 is 14.8 Å². The normalized spacial score (nSPS) is 16.3. The molecule has 0 aliphatic carbocycles. The lowest BCUT2D eigenvalue weighted by atomic mass is 9.96. The van der Waals surface area contributed by atoms with E-state index in [4.69, 9.17) is 0 Å². The van der Waals surface area contributed by atoms with Gasteiger partial charge in [-0.3, -0.25) is 0 Å². The fourth-order valence-electron chi connectivity index (χ4n) is 3.34. The first-order chi connectivity index (χ1) is 11.0. The second-order valence-corrected chi connectivity index (χ2v) is 6.79. The van der Waals surface area contributed by atoms with Gasteiger partial charge in [-0.25, -0.2) is 9.78 Å². The van der Waals surface area contributed by atoms with Gasteiger partial charge in [0.05, 0.1) is 11.0 Å². The highest BCUT2D eigenvalue weighted by molar-refractivity contribution is 5.76. The number of amides is 2. The highest BCUT2D eigenvalue weighted by atomic mass is 16.2. The molecular formula is C18H26N4O. The fraction of sp³-hybridized carbons (Fsp3) is 0.556. The van der Waals surface area contributed by atoms with Crippen LogP contribution in [-0.4, -0.2) is 39.6 Å². The van der Waals surface area contributed by atoms with Crippen LogP contribution in [0.2, 0.25) is 0 Å². The van der Waals surface area contributed by atoms with Crippen molar-refractivity contribution >= 4 is 17.1 Å². The number of hydrogen-bond donors (Lipinski definition) is 1. The molecule has 2 aromatic rings. The molecule has 1 aromatic heterocycles. The summed E-state index contributed by atoms with van der Waals surface area (Å²) in [6.07, 6.45) is 2.11. The monoisotopic (exact) mass is 314 g/mol. The van der Waals surface area contributed by atoms with Gasteiger partial charge in [0.2, 0.25) is 0 Å². The molecule has 1 saturated heterocycles. The van der Waals surface area contributed by atoms with Crippen molar-refractivity contribution in [3.63, 3.8) is 0 Å². The molecule has 1 N–H and O–H groups in total. The van der Waals surface area contributed by atoms with Crippen LogP contribution in [-0.2, 0) is 6.54 Å². The third kappa shape index (κ3) is 3.49. The minimum Gasteiger partial charge on any atom is -0.336 e. The van der Waals surface area contributed by atoms with Crippen molar-refractivity contribution in [2.45, 2.75) is 46.2 Å². The molecule has 0 bridgehead atoms. The predicted octanol–water partition coefficient (Wildman–Crippen LogP) is 3.17. The summed E-state index contributed by atoms with van der Waals surface area (Å²) in [5.41, 5.74) is 2.28. The number of para-hydroxylation sites is 2. The molecule has 2 amide bonds. The Hall–Kier alpha value is -2.04. The summed E-state index contributed by atoms with van der Waals surface area (Å²) in [7, 11) is 0. The molecule has 0 atom stereocenters. The molecule has 2 heterocycles. The maximum absolute atomic E-state index is 12.1. The van der Waals surface area contributed by atoms with Crippen LogP contribution < -0.4 is 5.32 Å². The number of hydrogen-bond acceptors (Lipinski definition) is 2. The predicted molar refractivity (Wildman–Crippen MR) is 92.4 cm³/mol. The summed E-state index contributed by atoms with van der Waals surface area (Å²) in [5.74, 6) is 1.68. The molecule has 0 saturated carbocycles. The number of benzene rings is 1. The van der Waals surface area contributed by atoms with Gasteiger partial charge in [-0.1, -0.05) is 12.1 Å². The Balaban J connectivity index is 1.62. The number of likely N-dealkylation sites (tertiary alicyclic amines) is 1. The highest BCUT2D eigenvalue weighted by Gasteiger charge is 2.24. The Morgan fingerprint density at radius 2 is 2.00 bits per heavy atom. The van der Waals surface area contributed by atoms with Gasteiger partial charge in [0.1, 0.15) is 5.82 Å². The summed E-state index contributed by atoms with van der Waals surface area (Å²) >= 11 is 0. The number of aromatic nitrogens is 2. The average molecular weight is 314 g/mol. The number of rotatable bonds is 3. The Labute approximate surface area is 137 Å². The lowest BCUT2D eigenvalue weighted by Crippen LogP contribution is -2.46. The van der Waals surface area contributed by atoms with Crippen LogP contribution in [0.15, 0.2) is 24.3 Å². The third-order valence-electron chi connectivity index (χ3n) is 4.60. The van der Waals surface area contributed by atoms with Crippen molar-refractivity contribution in [1.29, 1.82) is 0 Å². The zero-order valence-corrected chi connectivity index (χ0v) is 14.2. The van der Waals surface area contributed by atoms with Gasteiger partial charge in [0.15, 0.2) is 0 Å². The minimum atomic E-state index is 0.0720. The Kier molecular flexibility index (Phi) is 4.55. The number of carbonyl (C=O) groups excluding carboxylic acids is 1. The first-order valence-corrected chi connectivity index (χ1v) is 8.52. The molecule has 1 aliphatic heterocycles. The average Bonchev–Trinajstić information content (AvgIpc) is 2.83. The molecule has 5 heteroatoms. The number of urea groups is 1. The van der Waals surface area contributed by atoms with Gasteiger partial charge >= 0.3 is 6.03 Å². The first-order valence-electron chi connectivity index (χ1n) is 8.52. The van der Waals surface area contributed by atoms with E-state index in [-0.39, 0.29) is 12.1 Å². The van der Waals surface area contributed by atoms with Crippen LogP contribution in [0.3, 0.4) is 0 Å². The summed E-state index contributed by atoms with van der Waals surface area (Å²) in [6.45, 7) is 8.75. The number of nitrogens with one attached hydrogen (secondary N) is 1. The quantitative estimate of drug-likeness (QED) is 0.946. The van der Waals surface area contributed by atoms with Crippen LogP contribution in [0, 0.1) is 12.8 Å². The molecule has 0 spiro atoms. The van der Waals surface area contributed by atoms with Crippen LogP contribution in [0.1, 0.15) is 32.5 Å². The standard InChI is InChI=1S/C18H26N4O/c1-13(2)19-18(23)21-10-8-15(9-11-21)12-22-14(3)20-16-6-4-5-7-17(16)22/h4-7,13,15H,8-12H2,1-3H3,(H,19,23). The maximum Gasteiger partial charge on any atom is 0.317 e. The molecule has 3 rings (SSSR count). The molecule has 0 radical (unpaired) electrons. The number of aryl methyl sites for hydroxylation is 1. The van der Waals surface area contributed by atoms with Gasteiger partial charge in [-0.15, -0.1) is 0 Å². The molecule has 1 fully saturated rings. The van der Waals surface area contributed by atoms with Crippen molar-refractivity contribution in [2.75, 3.05) is 13.1 Å². The van der Waals surface area contributed by atoms with Crippen molar-refractivity contribution in [3.8, 4) is 0 Å². The number of imidazole rings is 1. The molecule has 1 aromatic carbocycles. The summed E-state index contributed by atoms with van der Waals surface area (Å²) < 4.78 is 2.32. The summed E-state index contributed by atoms with van der Waals surface area (Å²) in [5, 5.41) is 2.98. The lowest BCUT2D eigenvalue weighted by molar-refractivity contribution is 0.163. The van der Waals surface area contributed by atoms with E-state index in [2.05, 4.69) is 40.0 Å². The van der Waals surface area contributed by atoms with Gasteiger partial charge in [-0.2, -0.15) is 0 Å². The molecule has 1 aliphatic rings. The van der Waals surface area contributed by atoms with Gasteiger partial charge in [0, 0.05) is 25.7 Å². The highest BCUT2D eigenvalue weighted by Crippen LogP contribution is 2.23. The Morgan fingerprint density at radius 1 is 1.30 bits per heavy atom. The number of nitrogens with zero attached hydrogens (tertiary/aromatic N) is 3. The van der Waals surface area contributed by atoms with E-state index < -0.39 is 0 Å². The van der Waals surface area contributed by atoms with Crippen LogP contribution in [0.25, 0.3) is 11.0 Å². The molecule has 124 valence electrons. The van der Waals surface area contributed by atoms with Crippen molar-refractivity contribution in [3.05, 3.63) is 30.1 Å². The summed E-state index contributed by atoms with van der Waals surface area (Å²) in [6, 6.07) is 8.57. The Bertz CT molecular complexity index is 683. The number of fused-ring (bicyclic) bond motifs is 1. The van der Waals surface area contributed by atoms with Crippen LogP contribution in [0.4, 0.5) is 4.79 Å². The largest absolute Gasteiger partial charge is 0.336 e. The first kappa shape index (κ1) is 15.8. The summed E-state index contributed by atoms with van der Waals surface area (Å²) in [4.78, 5) is 18.6. The molecule has 23 heavy (non-hydrogen) atoms. The smallest absolute Gasteiger partial charge is 0.317 e. The second-order valence-electron chi connectivity index (χ2n) is 6.79. The molecule has 0 unspecified atom stereocenters. The molecular weight excluding hydrogens is 288 g/mol. The van der Waals surface area contributed by atoms with E-state index in [1.54, 1.807) is 0 Å². The van der Waals surface area contributed by atoms with E-state index >= 15 is 0 Å². The van der Waals surface area contributed by atoms with E-state index in [9.17, 15) is 4.79 Å². The van der Waals surface area contributed by atoms with Crippen LogP contribution in [0.5, 0.6) is 0 Å². The van der Waals surface area contributed by atoms with Gasteiger partial charge in [-0.05, 0) is 51.7 Å². The second kappa shape index (κ2) is 6.60. The minimum absolute atomic E-state index is 0.0720. The fourth-order valence-corrected chi connectivity index (χ4v) is 3.34. The molecule has 5 nitrogen and oxygen atoms in total. The third-order valence-corrected chi connectivity index (χ3v) is 4.60. The van der Waals surface area contributed by atoms with E-state index in [1.165, 1.54) is 5.52 Å². The van der Waals surface area contributed by atoms with Crippen molar-refractivity contribution in [2.24, 2.45) is 5.92 Å². The van der Waals surface area contributed by atoms with Gasteiger partial charge in [0.25, 0.3) is 0 Å². The topological polar surface area (TPSA) is 50.2 Å². The van der Waals surface area contributed by atoms with Crippen molar-refractivity contribution in [1.82, 2.24) is 19.8 Å². The number of carbonyl (C=O) groups is 1. The van der Waals surface area contributed by atoms with E-state index in [1.807, 2.05) is 24.8 Å². The van der Waals surface area contributed by atoms with E-state index in [0.717, 1.165) is 43.8 Å². The SMILES string of the molecule is Cc1nc2ccccc2n1CC1CCN(C(=O)NC(C)C)CC1. The number of piperidine rings is 1. The van der Waals surface area contributed by atoms with E-state index in [0.29, 0.717) is 5.92 Å². The lowest BCUT2D eigenvalue weighted by Gasteiger charge is -2.33. The Morgan fingerprint density at radius 3 is 2.70 bits per heavy atom. The van der Waals surface area contributed by atoms with Crippen LogP contribution >= 0.6 is 0 Å². The zero-order valence-electron chi connectivity index (χ0n) is 14.2.